The van der Waals surface area contributed by atoms with Gasteiger partial charge in [0, 0.05) is 17.7 Å². The van der Waals surface area contributed by atoms with Crippen molar-refractivity contribution in [3.05, 3.63) is 30.1 Å². The first-order chi connectivity index (χ1) is 4.70. The SMILES string of the molecule is CC(=O)c1cc[n+](C)cc1.[Br-]. The van der Waals surface area contributed by atoms with Crippen LogP contribution >= 0.6 is 0 Å². The average molecular weight is 216 g/mol. The number of ketones is 1. The Balaban J connectivity index is 0.000001000. The Bertz CT molecular complexity index is 243. The molecule has 0 aliphatic heterocycles. The van der Waals surface area contributed by atoms with Crippen molar-refractivity contribution in [1.82, 2.24) is 0 Å². The Morgan fingerprint density at radius 1 is 1.36 bits per heavy atom. The van der Waals surface area contributed by atoms with Crippen molar-refractivity contribution in [2.75, 3.05) is 0 Å². The Morgan fingerprint density at radius 3 is 2.18 bits per heavy atom. The highest BCUT2D eigenvalue weighted by Gasteiger charge is 1.98. The van der Waals surface area contributed by atoms with Crippen LogP contribution in [-0.4, -0.2) is 5.78 Å². The van der Waals surface area contributed by atoms with Crippen molar-refractivity contribution in [2.24, 2.45) is 7.05 Å². The molecule has 0 fully saturated rings. The molecule has 1 aromatic rings. The lowest BCUT2D eigenvalue weighted by Gasteiger charge is -1.90. The largest absolute Gasteiger partial charge is 1.00 e. The summed E-state index contributed by atoms with van der Waals surface area (Å²) in [5.74, 6) is 0.112. The topological polar surface area (TPSA) is 20.9 Å². The van der Waals surface area contributed by atoms with Crippen LogP contribution in [0.5, 0.6) is 0 Å². The zero-order valence-corrected chi connectivity index (χ0v) is 8.13. The van der Waals surface area contributed by atoms with Gasteiger partial charge in [-0.1, -0.05) is 0 Å². The van der Waals surface area contributed by atoms with Gasteiger partial charge in [-0.05, 0) is 6.92 Å². The molecule has 0 aromatic carbocycles. The first-order valence-electron chi connectivity index (χ1n) is 3.16. The van der Waals surface area contributed by atoms with Crippen LogP contribution in [-0.2, 0) is 7.05 Å². The maximum absolute atomic E-state index is 10.7. The number of pyridine rings is 1. The van der Waals surface area contributed by atoms with Crippen LogP contribution in [0, 0.1) is 0 Å². The van der Waals surface area contributed by atoms with Crippen LogP contribution < -0.4 is 21.5 Å². The van der Waals surface area contributed by atoms with Gasteiger partial charge in [-0.25, -0.2) is 4.57 Å². The fourth-order valence-electron chi connectivity index (χ4n) is 0.736. The summed E-state index contributed by atoms with van der Waals surface area (Å²) in [5.41, 5.74) is 0.762. The molecule has 0 aliphatic carbocycles. The number of aryl methyl sites for hydroxylation is 1. The summed E-state index contributed by atoms with van der Waals surface area (Å²) in [7, 11) is 1.92. The predicted octanol–water partition coefficient (Wildman–Crippen LogP) is -2.28. The quantitative estimate of drug-likeness (QED) is 0.382. The zero-order chi connectivity index (χ0) is 7.56. The molecule has 1 aromatic heterocycles. The van der Waals surface area contributed by atoms with E-state index in [1.807, 2.05) is 36.1 Å². The zero-order valence-electron chi connectivity index (χ0n) is 6.54. The summed E-state index contributed by atoms with van der Waals surface area (Å²) >= 11 is 0. The first-order valence-corrected chi connectivity index (χ1v) is 3.16. The van der Waals surface area contributed by atoms with Crippen LogP contribution in [0.25, 0.3) is 0 Å². The number of aromatic nitrogens is 1. The van der Waals surface area contributed by atoms with E-state index in [-0.39, 0.29) is 22.8 Å². The lowest BCUT2D eigenvalue weighted by molar-refractivity contribution is -0.671. The van der Waals surface area contributed by atoms with Crippen LogP contribution in [0.15, 0.2) is 24.5 Å². The van der Waals surface area contributed by atoms with Crippen LogP contribution in [0.1, 0.15) is 17.3 Å². The van der Waals surface area contributed by atoms with E-state index in [2.05, 4.69) is 0 Å². The minimum absolute atomic E-state index is 0. The molecule has 0 N–H and O–H groups in total. The maximum Gasteiger partial charge on any atom is 0.169 e. The molecule has 1 heterocycles. The van der Waals surface area contributed by atoms with Crippen molar-refractivity contribution in [3.63, 3.8) is 0 Å². The van der Waals surface area contributed by atoms with Gasteiger partial charge in [-0.2, -0.15) is 0 Å². The molecular formula is C8H10BrNO. The number of hydrogen-bond donors (Lipinski definition) is 0. The summed E-state index contributed by atoms with van der Waals surface area (Å²) in [6, 6.07) is 3.62. The molecule has 60 valence electrons. The molecule has 0 unspecified atom stereocenters. The van der Waals surface area contributed by atoms with Crippen LogP contribution in [0.2, 0.25) is 0 Å². The van der Waals surface area contributed by atoms with Gasteiger partial charge in [0.25, 0.3) is 0 Å². The number of carbonyl (C=O) groups is 1. The average Bonchev–Trinajstić information content (AvgIpc) is 1.88. The Hall–Kier alpha value is -0.700. The molecule has 0 saturated heterocycles. The Kier molecular flexibility index (Phi) is 3.97. The van der Waals surface area contributed by atoms with Crippen molar-refractivity contribution < 1.29 is 26.3 Å². The minimum Gasteiger partial charge on any atom is -1.00 e. The van der Waals surface area contributed by atoms with E-state index in [0.717, 1.165) is 5.56 Å². The van der Waals surface area contributed by atoms with Crippen LogP contribution in [0.4, 0.5) is 0 Å². The lowest BCUT2D eigenvalue weighted by atomic mass is 10.2. The summed E-state index contributed by atoms with van der Waals surface area (Å²) in [6.07, 6.45) is 3.72. The van der Waals surface area contributed by atoms with Crippen molar-refractivity contribution in [3.8, 4) is 0 Å². The molecule has 3 heteroatoms. The van der Waals surface area contributed by atoms with E-state index in [1.165, 1.54) is 0 Å². The third-order valence-corrected chi connectivity index (χ3v) is 1.38. The number of carbonyl (C=O) groups excluding carboxylic acids is 1. The molecule has 0 saturated carbocycles. The molecule has 2 nitrogen and oxygen atoms in total. The van der Waals surface area contributed by atoms with E-state index in [1.54, 1.807) is 6.92 Å². The fraction of sp³-hybridized carbons (Fsp3) is 0.250. The van der Waals surface area contributed by atoms with Gasteiger partial charge in [0.1, 0.15) is 7.05 Å². The standard InChI is InChI=1S/C8H10NO.BrH/c1-7(10)8-3-5-9(2)6-4-8;/h3-6H,1-2H3;1H/q+1;/p-1. The van der Waals surface area contributed by atoms with Crippen molar-refractivity contribution in [1.29, 1.82) is 0 Å². The van der Waals surface area contributed by atoms with Gasteiger partial charge in [0.05, 0.1) is 0 Å². The van der Waals surface area contributed by atoms with E-state index in [9.17, 15) is 4.79 Å². The second-order valence-electron chi connectivity index (χ2n) is 2.31. The number of Topliss-reactive ketones (excluding diaryl/α,β-unsaturated/α-hetero) is 1. The van der Waals surface area contributed by atoms with E-state index in [4.69, 9.17) is 0 Å². The highest BCUT2D eigenvalue weighted by Crippen LogP contribution is 1.94. The minimum atomic E-state index is 0. The molecule has 1 rings (SSSR count). The molecule has 0 aliphatic rings. The van der Waals surface area contributed by atoms with Gasteiger partial charge in [0.15, 0.2) is 18.2 Å². The monoisotopic (exact) mass is 215 g/mol. The highest BCUT2D eigenvalue weighted by molar-refractivity contribution is 5.93. The maximum atomic E-state index is 10.7. The van der Waals surface area contributed by atoms with Crippen molar-refractivity contribution >= 4 is 5.78 Å². The third-order valence-electron chi connectivity index (χ3n) is 1.38. The molecule has 0 spiro atoms. The summed E-state index contributed by atoms with van der Waals surface area (Å²) in [6.45, 7) is 1.56. The van der Waals surface area contributed by atoms with Gasteiger partial charge in [0.2, 0.25) is 0 Å². The second-order valence-corrected chi connectivity index (χ2v) is 2.31. The summed E-state index contributed by atoms with van der Waals surface area (Å²) in [4.78, 5) is 10.7. The van der Waals surface area contributed by atoms with Crippen LogP contribution in [0.3, 0.4) is 0 Å². The summed E-state index contributed by atoms with van der Waals surface area (Å²) < 4.78 is 1.90. The normalized spacial score (nSPS) is 8.55. The number of rotatable bonds is 1. The van der Waals surface area contributed by atoms with Gasteiger partial charge in [-0.15, -0.1) is 0 Å². The lowest BCUT2D eigenvalue weighted by Crippen LogP contribution is -3.00. The van der Waals surface area contributed by atoms with E-state index < -0.39 is 0 Å². The predicted molar refractivity (Wildman–Crippen MR) is 37.6 cm³/mol. The molecular weight excluding hydrogens is 206 g/mol. The number of halogens is 1. The molecule has 0 atom stereocenters. The van der Waals surface area contributed by atoms with Gasteiger partial charge < -0.3 is 17.0 Å². The molecule has 0 amide bonds. The first kappa shape index (κ1) is 10.3. The Labute approximate surface area is 76.6 Å². The third kappa shape index (κ3) is 2.80. The molecule has 0 bridgehead atoms. The smallest absolute Gasteiger partial charge is 0.169 e. The van der Waals surface area contributed by atoms with E-state index >= 15 is 0 Å². The second kappa shape index (κ2) is 4.23. The number of nitrogens with zero attached hydrogens (tertiary/aromatic N) is 1. The van der Waals surface area contributed by atoms with Crippen molar-refractivity contribution in [2.45, 2.75) is 6.92 Å². The molecule has 11 heavy (non-hydrogen) atoms. The summed E-state index contributed by atoms with van der Waals surface area (Å²) in [5, 5.41) is 0. The van der Waals surface area contributed by atoms with E-state index in [0.29, 0.717) is 0 Å². The van der Waals surface area contributed by atoms with Gasteiger partial charge in [-0.3, -0.25) is 4.79 Å². The fourth-order valence-corrected chi connectivity index (χ4v) is 0.736. The number of hydrogen-bond acceptors (Lipinski definition) is 1. The highest BCUT2D eigenvalue weighted by atomic mass is 79.9. The molecule has 0 radical (unpaired) electrons. The Morgan fingerprint density at radius 2 is 1.82 bits per heavy atom. The van der Waals surface area contributed by atoms with Gasteiger partial charge >= 0.3 is 0 Å².